The second-order valence-corrected chi connectivity index (χ2v) is 6.39. The number of anilines is 1. The Kier molecular flexibility index (Phi) is 4.22. The number of hydrogen-bond acceptors (Lipinski definition) is 4. The van der Waals surface area contributed by atoms with Gasteiger partial charge in [-0.05, 0) is 36.9 Å². The first kappa shape index (κ1) is 13.8. The maximum absolute atomic E-state index is 5.92. The molecule has 3 rings (SSSR count). The Bertz CT molecular complexity index is 437. The first-order chi connectivity index (χ1) is 9.72. The number of nitrogens with zero attached hydrogens (tertiary/aromatic N) is 2. The first-order valence-corrected chi connectivity index (χ1v) is 7.76. The Morgan fingerprint density at radius 3 is 2.80 bits per heavy atom. The van der Waals surface area contributed by atoms with Gasteiger partial charge in [0, 0.05) is 25.8 Å². The first-order valence-electron chi connectivity index (χ1n) is 7.76. The van der Waals surface area contributed by atoms with Crippen LogP contribution >= 0.6 is 0 Å². The average molecular weight is 275 g/mol. The van der Waals surface area contributed by atoms with E-state index in [-0.39, 0.29) is 0 Å². The highest BCUT2D eigenvalue weighted by Gasteiger charge is 2.34. The van der Waals surface area contributed by atoms with E-state index in [1.54, 1.807) is 0 Å². The molecule has 0 radical (unpaired) electrons. The Hall–Kier alpha value is -1.13. The van der Waals surface area contributed by atoms with Crippen molar-refractivity contribution < 1.29 is 4.74 Å². The molecule has 2 bridgehead atoms. The van der Waals surface area contributed by atoms with Crippen molar-refractivity contribution in [3.8, 4) is 0 Å². The summed E-state index contributed by atoms with van der Waals surface area (Å²) in [6.45, 7) is 8.47. The Labute approximate surface area is 121 Å². The summed E-state index contributed by atoms with van der Waals surface area (Å²) in [4.78, 5) is 6.79. The highest BCUT2D eigenvalue weighted by atomic mass is 16.5. The van der Waals surface area contributed by atoms with E-state index in [4.69, 9.17) is 4.74 Å². The van der Waals surface area contributed by atoms with Gasteiger partial charge in [0.1, 0.15) is 0 Å². The van der Waals surface area contributed by atoms with Crippen LogP contribution in [0, 0.1) is 5.92 Å². The predicted molar refractivity (Wildman–Crippen MR) is 80.9 cm³/mol. The molecular weight excluding hydrogens is 250 g/mol. The summed E-state index contributed by atoms with van der Waals surface area (Å²) < 4.78 is 5.92. The highest BCUT2D eigenvalue weighted by Crippen LogP contribution is 2.30. The summed E-state index contributed by atoms with van der Waals surface area (Å²) in [6, 6.07) is 2.14. The number of aromatic nitrogens is 1. The zero-order chi connectivity index (χ0) is 13.9. The third kappa shape index (κ3) is 3.13. The zero-order valence-corrected chi connectivity index (χ0v) is 12.5. The third-order valence-corrected chi connectivity index (χ3v) is 4.14. The molecule has 110 valence electrons. The summed E-state index contributed by atoms with van der Waals surface area (Å²) >= 11 is 0. The van der Waals surface area contributed by atoms with Crippen LogP contribution in [0.3, 0.4) is 0 Å². The van der Waals surface area contributed by atoms with Crippen LogP contribution < -0.4 is 10.2 Å². The molecule has 4 nitrogen and oxygen atoms in total. The minimum Gasteiger partial charge on any atom is -0.371 e. The number of pyridine rings is 1. The molecule has 2 fully saturated rings. The van der Waals surface area contributed by atoms with Crippen molar-refractivity contribution in [2.24, 2.45) is 5.92 Å². The van der Waals surface area contributed by atoms with Gasteiger partial charge < -0.3 is 15.0 Å². The molecule has 20 heavy (non-hydrogen) atoms. The fourth-order valence-electron chi connectivity index (χ4n) is 3.16. The Morgan fingerprint density at radius 2 is 2.10 bits per heavy atom. The van der Waals surface area contributed by atoms with Crippen LogP contribution in [-0.4, -0.2) is 36.8 Å². The molecule has 0 saturated carbocycles. The molecule has 2 aliphatic heterocycles. The van der Waals surface area contributed by atoms with E-state index >= 15 is 0 Å². The lowest BCUT2D eigenvalue weighted by Gasteiger charge is -2.34. The molecule has 1 aromatic heterocycles. The lowest BCUT2D eigenvalue weighted by Crippen LogP contribution is -2.43. The van der Waals surface area contributed by atoms with E-state index in [1.807, 2.05) is 12.4 Å². The van der Waals surface area contributed by atoms with Gasteiger partial charge in [0.15, 0.2) is 0 Å². The Morgan fingerprint density at radius 1 is 1.35 bits per heavy atom. The van der Waals surface area contributed by atoms with E-state index in [2.05, 4.69) is 35.1 Å². The fraction of sp³-hybridized carbons (Fsp3) is 0.688. The molecule has 2 saturated heterocycles. The SMILES string of the molecule is CC(C)CNCc1ccncc1N1CC2CCC(C1)O2. The minimum absolute atomic E-state index is 0.422. The van der Waals surface area contributed by atoms with Crippen molar-refractivity contribution in [2.45, 2.75) is 45.4 Å². The molecule has 2 atom stereocenters. The second kappa shape index (κ2) is 6.10. The van der Waals surface area contributed by atoms with Crippen LogP contribution in [0.2, 0.25) is 0 Å². The Balaban J connectivity index is 1.69. The number of morpholine rings is 1. The topological polar surface area (TPSA) is 37.4 Å². The summed E-state index contributed by atoms with van der Waals surface area (Å²) in [5.74, 6) is 0.680. The van der Waals surface area contributed by atoms with Gasteiger partial charge in [-0.3, -0.25) is 4.98 Å². The monoisotopic (exact) mass is 275 g/mol. The van der Waals surface area contributed by atoms with Crippen molar-refractivity contribution >= 4 is 5.69 Å². The smallest absolute Gasteiger partial charge is 0.0755 e. The van der Waals surface area contributed by atoms with E-state index in [9.17, 15) is 0 Å². The molecule has 2 unspecified atom stereocenters. The lowest BCUT2D eigenvalue weighted by molar-refractivity contribution is 0.0304. The molecule has 0 aliphatic carbocycles. The van der Waals surface area contributed by atoms with Gasteiger partial charge in [0.05, 0.1) is 24.1 Å². The van der Waals surface area contributed by atoms with Crippen molar-refractivity contribution in [2.75, 3.05) is 24.5 Å². The molecular formula is C16H25N3O. The van der Waals surface area contributed by atoms with Crippen molar-refractivity contribution in [3.63, 3.8) is 0 Å². The van der Waals surface area contributed by atoms with Crippen molar-refractivity contribution in [1.82, 2.24) is 10.3 Å². The van der Waals surface area contributed by atoms with Crippen LogP contribution in [0.15, 0.2) is 18.5 Å². The molecule has 1 aromatic rings. The molecule has 3 heterocycles. The van der Waals surface area contributed by atoms with Gasteiger partial charge in [-0.1, -0.05) is 13.8 Å². The van der Waals surface area contributed by atoms with E-state index in [0.29, 0.717) is 18.1 Å². The van der Waals surface area contributed by atoms with E-state index < -0.39 is 0 Å². The highest BCUT2D eigenvalue weighted by molar-refractivity contribution is 5.52. The van der Waals surface area contributed by atoms with Gasteiger partial charge in [-0.15, -0.1) is 0 Å². The van der Waals surface area contributed by atoms with Crippen LogP contribution in [0.25, 0.3) is 0 Å². The fourth-order valence-corrected chi connectivity index (χ4v) is 3.16. The predicted octanol–water partition coefficient (Wildman–Crippen LogP) is 2.19. The molecule has 2 aliphatic rings. The number of hydrogen-bond donors (Lipinski definition) is 1. The third-order valence-electron chi connectivity index (χ3n) is 4.14. The summed E-state index contributed by atoms with van der Waals surface area (Å²) in [5.41, 5.74) is 2.63. The standard InChI is InChI=1S/C16H25N3O/c1-12(2)7-18-8-13-5-6-17-9-16(13)19-10-14-3-4-15(11-19)20-14/h5-6,9,12,14-15,18H,3-4,7-8,10-11H2,1-2H3. The number of fused-ring (bicyclic) bond motifs is 2. The van der Waals surface area contributed by atoms with Crippen LogP contribution in [0.5, 0.6) is 0 Å². The summed E-state index contributed by atoms with van der Waals surface area (Å²) in [6.07, 6.45) is 7.17. The van der Waals surface area contributed by atoms with Gasteiger partial charge >= 0.3 is 0 Å². The zero-order valence-electron chi connectivity index (χ0n) is 12.5. The summed E-state index contributed by atoms with van der Waals surface area (Å²) in [5, 5.41) is 3.53. The van der Waals surface area contributed by atoms with Crippen molar-refractivity contribution in [1.29, 1.82) is 0 Å². The molecule has 4 heteroatoms. The van der Waals surface area contributed by atoms with Gasteiger partial charge in [-0.2, -0.15) is 0 Å². The lowest BCUT2D eigenvalue weighted by atomic mass is 10.1. The van der Waals surface area contributed by atoms with E-state index in [1.165, 1.54) is 24.1 Å². The van der Waals surface area contributed by atoms with Gasteiger partial charge in [0.25, 0.3) is 0 Å². The summed E-state index contributed by atoms with van der Waals surface area (Å²) in [7, 11) is 0. The van der Waals surface area contributed by atoms with Crippen LogP contribution in [-0.2, 0) is 11.3 Å². The maximum atomic E-state index is 5.92. The van der Waals surface area contributed by atoms with Crippen LogP contribution in [0.1, 0.15) is 32.3 Å². The maximum Gasteiger partial charge on any atom is 0.0755 e. The average Bonchev–Trinajstić information content (AvgIpc) is 2.78. The molecule has 0 aromatic carbocycles. The normalized spacial score (nSPS) is 25.4. The van der Waals surface area contributed by atoms with Gasteiger partial charge in [-0.25, -0.2) is 0 Å². The molecule has 1 N–H and O–H groups in total. The number of nitrogens with one attached hydrogen (secondary N) is 1. The van der Waals surface area contributed by atoms with Crippen molar-refractivity contribution in [3.05, 3.63) is 24.0 Å². The number of rotatable bonds is 5. The minimum atomic E-state index is 0.422. The largest absolute Gasteiger partial charge is 0.371 e. The number of ether oxygens (including phenoxy) is 1. The molecule has 0 spiro atoms. The second-order valence-electron chi connectivity index (χ2n) is 6.39. The van der Waals surface area contributed by atoms with Crippen LogP contribution in [0.4, 0.5) is 5.69 Å². The van der Waals surface area contributed by atoms with E-state index in [0.717, 1.165) is 26.2 Å². The quantitative estimate of drug-likeness (QED) is 0.894. The molecule has 0 amide bonds. The van der Waals surface area contributed by atoms with Gasteiger partial charge in [0.2, 0.25) is 0 Å².